The zero-order valence-electron chi connectivity index (χ0n) is 13.3. The highest BCUT2D eigenvalue weighted by molar-refractivity contribution is 7.17. The summed E-state index contributed by atoms with van der Waals surface area (Å²) in [7, 11) is 0. The molecular formula is C20H15ClN2OS. The van der Waals surface area contributed by atoms with E-state index in [0.29, 0.717) is 9.90 Å². The fourth-order valence-electron chi connectivity index (χ4n) is 2.95. The molecule has 0 bridgehead atoms. The summed E-state index contributed by atoms with van der Waals surface area (Å²) in [6, 6.07) is 17.7. The van der Waals surface area contributed by atoms with Crippen LogP contribution in [0.3, 0.4) is 0 Å². The first-order valence-electron chi connectivity index (χ1n) is 8.01. The van der Waals surface area contributed by atoms with Crippen molar-refractivity contribution in [3.8, 4) is 10.4 Å². The minimum absolute atomic E-state index is 0.179. The number of carbonyl (C=O) groups excluding carboxylic acids is 1. The molecule has 5 heteroatoms. The zero-order chi connectivity index (χ0) is 17.2. The topological polar surface area (TPSA) is 41.5 Å². The van der Waals surface area contributed by atoms with Gasteiger partial charge in [0, 0.05) is 9.90 Å². The molecule has 1 aliphatic rings. The summed E-state index contributed by atoms with van der Waals surface area (Å²) < 4.78 is 0. The molecule has 25 heavy (non-hydrogen) atoms. The molecule has 1 heterocycles. The first-order valence-corrected chi connectivity index (χ1v) is 9.20. The molecular weight excluding hydrogens is 352 g/mol. The number of rotatable bonds is 3. The summed E-state index contributed by atoms with van der Waals surface area (Å²) in [6.07, 6.45) is 3.61. The van der Waals surface area contributed by atoms with E-state index in [-0.39, 0.29) is 5.91 Å². The van der Waals surface area contributed by atoms with Gasteiger partial charge >= 0.3 is 0 Å². The smallest absolute Gasteiger partial charge is 0.266 e. The van der Waals surface area contributed by atoms with E-state index in [4.69, 9.17) is 11.6 Å². The molecule has 0 saturated heterocycles. The number of halogens is 1. The van der Waals surface area contributed by atoms with Crippen molar-refractivity contribution in [2.75, 3.05) is 0 Å². The largest absolute Gasteiger partial charge is 0.281 e. The van der Waals surface area contributed by atoms with Gasteiger partial charge in [-0.15, -0.1) is 11.3 Å². The molecule has 4 rings (SSSR count). The van der Waals surface area contributed by atoms with E-state index in [1.165, 1.54) is 32.9 Å². The predicted octanol–water partition coefficient (Wildman–Crippen LogP) is 4.93. The van der Waals surface area contributed by atoms with Crippen LogP contribution in [0.25, 0.3) is 10.4 Å². The summed E-state index contributed by atoms with van der Waals surface area (Å²) in [5.74, 6) is -0.179. The predicted molar refractivity (Wildman–Crippen MR) is 104 cm³/mol. The second-order valence-electron chi connectivity index (χ2n) is 5.87. The maximum atomic E-state index is 12.4. The Hall–Kier alpha value is -2.43. The highest BCUT2D eigenvalue weighted by Gasteiger charge is 2.21. The monoisotopic (exact) mass is 366 g/mol. The molecule has 1 aliphatic carbocycles. The van der Waals surface area contributed by atoms with Crippen LogP contribution >= 0.6 is 22.9 Å². The third kappa shape index (κ3) is 3.36. The maximum Gasteiger partial charge on any atom is 0.281 e. The lowest BCUT2D eigenvalue weighted by atomic mass is 9.91. The Morgan fingerprint density at radius 3 is 2.68 bits per heavy atom. The highest BCUT2D eigenvalue weighted by atomic mass is 35.5. The van der Waals surface area contributed by atoms with Crippen LogP contribution < -0.4 is 5.43 Å². The second kappa shape index (κ2) is 6.82. The van der Waals surface area contributed by atoms with Crippen molar-refractivity contribution in [2.45, 2.75) is 12.8 Å². The number of hydrogen-bond donors (Lipinski definition) is 1. The van der Waals surface area contributed by atoms with Gasteiger partial charge in [0.05, 0.1) is 11.1 Å². The van der Waals surface area contributed by atoms with E-state index < -0.39 is 0 Å². The summed E-state index contributed by atoms with van der Waals surface area (Å²) in [4.78, 5) is 14.3. The lowest BCUT2D eigenvalue weighted by Gasteiger charge is -2.15. The molecule has 3 nitrogen and oxygen atoms in total. The number of hydrogen-bond acceptors (Lipinski definition) is 3. The Labute approximate surface area is 155 Å². The van der Waals surface area contributed by atoms with Crippen LogP contribution in [0.2, 0.25) is 5.02 Å². The van der Waals surface area contributed by atoms with Gasteiger partial charge < -0.3 is 0 Å². The third-order valence-electron chi connectivity index (χ3n) is 4.21. The summed E-state index contributed by atoms with van der Waals surface area (Å²) in [5, 5.41) is 4.71. The number of carbonyl (C=O) groups is 1. The van der Waals surface area contributed by atoms with Gasteiger partial charge in [0.25, 0.3) is 5.91 Å². The van der Waals surface area contributed by atoms with Gasteiger partial charge in [-0.05, 0) is 53.3 Å². The van der Waals surface area contributed by atoms with Crippen molar-refractivity contribution in [2.24, 2.45) is 5.10 Å². The third-order valence-corrected chi connectivity index (χ3v) is 5.67. The molecule has 0 atom stereocenters. The molecule has 0 saturated carbocycles. The van der Waals surface area contributed by atoms with Gasteiger partial charge in [0.2, 0.25) is 0 Å². The minimum atomic E-state index is -0.179. The Bertz CT molecular complexity index is 960. The highest BCUT2D eigenvalue weighted by Crippen LogP contribution is 2.39. The Kier molecular flexibility index (Phi) is 4.38. The van der Waals surface area contributed by atoms with E-state index in [1.807, 2.05) is 24.3 Å². The van der Waals surface area contributed by atoms with Gasteiger partial charge in [-0.25, -0.2) is 5.43 Å². The first-order chi connectivity index (χ1) is 12.2. The molecule has 2 aromatic carbocycles. The number of aryl methyl sites for hydroxylation is 2. The number of nitrogens with zero attached hydrogens (tertiary/aromatic N) is 1. The number of thiophene rings is 1. The van der Waals surface area contributed by atoms with E-state index in [1.54, 1.807) is 18.3 Å². The van der Waals surface area contributed by atoms with Crippen LogP contribution in [0.1, 0.15) is 26.4 Å². The lowest BCUT2D eigenvalue weighted by molar-refractivity contribution is 0.0959. The van der Waals surface area contributed by atoms with Crippen molar-refractivity contribution >= 4 is 35.1 Å². The van der Waals surface area contributed by atoms with Crippen LogP contribution in [0, 0.1) is 0 Å². The molecule has 3 aromatic rings. The number of amides is 1. The Morgan fingerprint density at radius 1 is 1.08 bits per heavy atom. The van der Waals surface area contributed by atoms with Gasteiger partial charge in [-0.1, -0.05) is 48.0 Å². The molecule has 1 aromatic heterocycles. The standard InChI is InChI=1S/C20H15ClN2OS/c21-16-9-5-13(6-10-16)12-22-23-20(24)18-11-15-8-7-14-3-1-2-4-17(14)19(15)25-18/h1-6,9-12H,7-8H2,(H,23,24)/b22-12+. The Balaban J connectivity index is 1.51. The number of fused-ring (bicyclic) bond motifs is 3. The van der Waals surface area contributed by atoms with Gasteiger partial charge in [0.15, 0.2) is 0 Å². The molecule has 1 N–H and O–H groups in total. The molecule has 0 fully saturated rings. The van der Waals surface area contributed by atoms with Crippen LogP contribution in [-0.2, 0) is 12.8 Å². The molecule has 0 aliphatic heterocycles. The fraction of sp³-hybridized carbons (Fsp3) is 0.100. The minimum Gasteiger partial charge on any atom is -0.266 e. The number of nitrogens with one attached hydrogen (secondary N) is 1. The normalized spacial score (nSPS) is 12.7. The van der Waals surface area contributed by atoms with Crippen LogP contribution in [0.4, 0.5) is 0 Å². The molecule has 1 amide bonds. The van der Waals surface area contributed by atoms with Crippen LogP contribution in [0.5, 0.6) is 0 Å². The van der Waals surface area contributed by atoms with E-state index in [2.05, 4.69) is 28.7 Å². The number of hydrazone groups is 1. The zero-order valence-corrected chi connectivity index (χ0v) is 14.9. The second-order valence-corrected chi connectivity index (χ2v) is 7.36. The first kappa shape index (κ1) is 16.1. The number of benzene rings is 2. The molecule has 0 radical (unpaired) electrons. The van der Waals surface area contributed by atoms with Crippen molar-refractivity contribution in [1.29, 1.82) is 0 Å². The average molecular weight is 367 g/mol. The molecule has 124 valence electrons. The van der Waals surface area contributed by atoms with Crippen LogP contribution in [-0.4, -0.2) is 12.1 Å². The van der Waals surface area contributed by atoms with Crippen molar-refractivity contribution in [3.05, 3.63) is 81.2 Å². The van der Waals surface area contributed by atoms with E-state index >= 15 is 0 Å². The van der Waals surface area contributed by atoms with Gasteiger partial charge in [-0.2, -0.15) is 5.10 Å². The van der Waals surface area contributed by atoms with Crippen molar-refractivity contribution in [3.63, 3.8) is 0 Å². The van der Waals surface area contributed by atoms with E-state index in [9.17, 15) is 4.79 Å². The van der Waals surface area contributed by atoms with Gasteiger partial charge in [-0.3, -0.25) is 4.79 Å². The summed E-state index contributed by atoms with van der Waals surface area (Å²) in [6.45, 7) is 0. The summed E-state index contributed by atoms with van der Waals surface area (Å²) >= 11 is 7.38. The quantitative estimate of drug-likeness (QED) is 0.518. The van der Waals surface area contributed by atoms with Gasteiger partial charge in [0.1, 0.15) is 0 Å². The van der Waals surface area contributed by atoms with Crippen molar-refractivity contribution < 1.29 is 4.79 Å². The molecule has 0 spiro atoms. The van der Waals surface area contributed by atoms with Crippen molar-refractivity contribution in [1.82, 2.24) is 5.43 Å². The SMILES string of the molecule is O=C(N/N=C/c1ccc(Cl)cc1)c1cc2c(s1)-c1ccccc1CC2. The average Bonchev–Trinajstić information content (AvgIpc) is 3.08. The molecule has 0 unspecified atom stereocenters. The van der Waals surface area contributed by atoms with Crippen LogP contribution in [0.15, 0.2) is 59.7 Å². The van der Waals surface area contributed by atoms with E-state index in [0.717, 1.165) is 18.4 Å². The fourth-order valence-corrected chi connectivity index (χ4v) is 4.24. The Morgan fingerprint density at radius 2 is 1.84 bits per heavy atom. The maximum absolute atomic E-state index is 12.4. The lowest BCUT2D eigenvalue weighted by Crippen LogP contribution is -2.16. The summed E-state index contributed by atoms with van der Waals surface area (Å²) in [5.41, 5.74) is 7.33.